The number of carbonyl (C=O) groups is 2. The van der Waals surface area contributed by atoms with Crippen LogP contribution in [0.25, 0.3) is 0 Å². The number of hydrogen-bond acceptors (Lipinski definition) is 2. The smallest absolute Gasteiger partial charge is 0.326 e. The van der Waals surface area contributed by atoms with Crippen LogP contribution in [0.4, 0.5) is 4.79 Å². The first-order valence-corrected chi connectivity index (χ1v) is 7.83. The number of carboxylic acids is 1. The van der Waals surface area contributed by atoms with Gasteiger partial charge in [0.05, 0.1) is 0 Å². The van der Waals surface area contributed by atoms with Crippen LogP contribution in [0.3, 0.4) is 0 Å². The summed E-state index contributed by atoms with van der Waals surface area (Å²) in [5.41, 5.74) is 0. The van der Waals surface area contributed by atoms with Crippen molar-refractivity contribution in [1.29, 1.82) is 0 Å². The highest BCUT2D eigenvalue weighted by atomic mass is 16.4. The molecule has 1 heterocycles. The van der Waals surface area contributed by atoms with Crippen molar-refractivity contribution in [2.24, 2.45) is 5.92 Å². The molecular weight excluding hydrogens is 268 g/mol. The lowest BCUT2D eigenvalue weighted by atomic mass is 9.76. The summed E-state index contributed by atoms with van der Waals surface area (Å²) in [6, 6.07) is -0.829. The maximum Gasteiger partial charge on any atom is 0.326 e. The highest BCUT2D eigenvalue weighted by molar-refractivity contribution is 5.83. The number of carbonyl (C=O) groups excluding carboxylic acids is 1. The van der Waals surface area contributed by atoms with Gasteiger partial charge in [-0.15, -0.1) is 11.8 Å². The summed E-state index contributed by atoms with van der Waals surface area (Å²) in [5, 5.41) is 12.2. The Balaban J connectivity index is 2.06. The van der Waals surface area contributed by atoms with Gasteiger partial charge in [0.2, 0.25) is 0 Å². The van der Waals surface area contributed by atoms with E-state index in [0.29, 0.717) is 25.3 Å². The highest BCUT2D eigenvalue weighted by Crippen LogP contribution is 2.37. The van der Waals surface area contributed by atoms with Gasteiger partial charge in [0, 0.05) is 19.0 Å². The Kier molecular flexibility index (Phi) is 5.49. The number of nitrogens with zero attached hydrogens (tertiary/aromatic N) is 1. The lowest BCUT2D eigenvalue weighted by Gasteiger charge is -2.46. The van der Waals surface area contributed by atoms with E-state index in [9.17, 15) is 14.7 Å². The number of carboxylic acid groups (broad SMARTS) is 1. The van der Waals surface area contributed by atoms with E-state index in [4.69, 9.17) is 0 Å². The van der Waals surface area contributed by atoms with Gasteiger partial charge in [-0.05, 0) is 38.5 Å². The predicted molar refractivity (Wildman–Crippen MR) is 79.7 cm³/mol. The molecule has 2 aliphatic rings. The van der Waals surface area contributed by atoms with Crippen LogP contribution in [-0.4, -0.2) is 40.6 Å². The maximum atomic E-state index is 12.4. The zero-order valence-corrected chi connectivity index (χ0v) is 12.6. The highest BCUT2D eigenvalue weighted by Gasteiger charge is 2.43. The fourth-order valence-electron chi connectivity index (χ4n) is 3.62. The molecule has 1 aliphatic heterocycles. The van der Waals surface area contributed by atoms with Gasteiger partial charge in [-0.3, -0.25) is 0 Å². The fraction of sp³-hybridized carbons (Fsp3) is 0.750. The van der Waals surface area contributed by atoms with E-state index in [1.807, 2.05) is 0 Å². The quantitative estimate of drug-likeness (QED) is 0.619. The molecule has 1 saturated carbocycles. The Bertz CT molecular complexity index is 452. The summed E-state index contributed by atoms with van der Waals surface area (Å²) >= 11 is 0. The topological polar surface area (TPSA) is 69.6 Å². The molecule has 2 fully saturated rings. The maximum absolute atomic E-state index is 12.4. The molecule has 5 nitrogen and oxygen atoms in total. The molecule has 3 atom stereocenters. The number of nitrogens with one attached hydrogen (secondary N) is 1. The van der Waals surface area contributed by atoms with Gasteiger partial charge >= 0.3 is 12.0 Å². The molecule has 0 aromatic rings. The van der Waals surface area contributed by atoms with Crippen LogP contribution in [0.5, 0.6) is 0 Å². The van der Waals surface area contributed by atoms with Crippen LogP contribution in [0.15, 0.2) is 0 Å². The summed E-state index contributed by atoms with van der Waals surface area (Å²) in [7, 11) is 0. The van der Waals surface area contributed by atoms with Gasteiger partial charge < -0.3 is 15.3 Å². The third kappa shape index (κ3) is 3.69. The number of amides is 2. The summed E-state index contributed by atoms with van der Waals surface area (Å²) in [6.07, 6.45) is 6.41. The molecule has 0 aromatic carbocycles. The van der Waals surface area contributed by atoms with Crippen molar-refractivity contribution in [2.45, 2.75) is 64.0 Å². The summed E-state index contributed by atoms with van der Waals surface area (Å²) in [6.45, 7) is 2.24. The van der Waals surface area contributed by atoms with E-state index >= 15 is 0 Å². The second-order valence-electron chi connectivity index (χ2n) is 5.86. The van der Waals surface area contributed by atoms with Gasteiger partial charge in [0.1, 0.15) is 6.04 Å². The van der Waals surface area contributed by atoms with Crippen LogP contribution in [0.1, 0.15) is 51.9 Å². The number of fused-ring (bicyclic) bond motifs is 1. The molecule has 2 rings (SSSR count). The normalized spacial score (nSPS) is 28.0. The average molecular weight is 292 g/mol. The third-order valence-electron chi connectivity index (χ3n) is 4.60. The predicted octanol–water partition coefficient (Wildman–Crippen LogP) is 2.22. The molecule has 2 amide bonds. The third-order valence-corrected chi connectivity index (χ3v) is 4.60. The average Bonchev–Trinajstić information content (AvgIpc) is 2.50. The van der Waals surface area contributed by atoms with Crippen molar-refractivity contribution >= 4 is 12.0 Å². The summed E-state index contributed by atoms with van der Waals surface area (Å²) < 4.78 is 0. The SMILES string of the molecule is CC#CCCNC(=O)N1C(C(=O)O)CCC2CCCCC21. The monoisotopic (exact) mass is 292 g/mol. The van der Waals surface area contributed by atoms with Crippen LogP contribution in [0.2, 0.25) is 0 Å². The van der Waals surface area contributed by atoms with Crippen LogP contribution < -0.4 is 5.32 Å². The molecular formula is C16H24N2O3. The molecule has 0 spiro atoms. The minimum Gasteiger partial charge on any atom is -0.480 e. The Morgan fingerprint density at radius 3 is 2.71 bits per heavy atom. The Labute approximate surface area is 126 Å². The van der Waals surface area contributed by atoms with Gasteiger partial charge in [-0.1, -0.05) is 12.8 Å². The van der Waals surface area contributed by atoms with E-state index in [0.717, 1.165) is 25.7 Å². The van der Waals surface area contributed by atoms with Crippen molar-refractivity contribution in [3.05, 3.63) is 0 Å². The second kappa shape index (κ2) is 7.35. The molecule has 0 radical (unpaired) electrons. The number of rotatable bonds is 3. The minimum absolute atomic E-state index is 0.0888. The molecule has 5 heteroatoms. The van der Waals surface area contributed by atoms with E-state index in [1.165, 1.54) is 6.42 Å². The first-order valence-electron chi connectivity index (χ1n) is 7.83. The number of likely N-dealkylation sites (tertiary alicyclic amines) is 1. The van der Waals surface area contributed by atoms with Gasteiger partial charge in [-0.2, -0.15) is 0 Å². The first-order chi connectivity index (χ1) is 10.1. The van der Waals surface area contributed by atoms with Crippen molar-refractivity contribution < 1.29 is 14.7 Å². The largest absolute Gasteiger partial charge is 0.480 e. The van der Waals surface area contributed by atoms with Gasteiger partial charge in [0.25, 0.3) is 0 Å². The summed E-state index contributed by atoms with van der Waals surface area (Å²) in [4.78, 5) is 25.5. The number of urea groups is 1. The number of aliphatic carboxylic acids is 1. The molecule has 1 saturated heterocycles. The number of piperidine rings is 1. The Morgan fingerprint density at radius 1 is 1.24 bits per heavy atom. The van der Waals surface area contributed by atoms with E-state index < -0.39 is 12.0 Å². The van der Waals surface area contributed by atoms with Crippen LogP contribution in [0, 0.1) is 17.8 Å². The van der Waals surface area contributed by atoms with Crippen molar-refractivity contribution in [2.75, 3.05) is 6.54 Å². The van der Waals surface area contributed by atoms with E-state index in [-0.39, 0.29) is 12.1 Å². The molecule has 21 heavy (non-hydrogen) atoms. The molecule has 116 valence electrons. The lowest BCUT2D eigenvalue weighted by molar-refractivity contribution is -0.145. The van der Waals surface area contributed by atoms with Crippen molar-refractivity contribution in [1.82, 2.24) is 10.2 Å². The second-order valence-corrected chi connectivity index (χ2v) is 5.86. The molecule has 3 unspecified atom stereocenters. The number of hydrogen-bond donors (Lipinski definition) is 2. The molecule has 2 N–H and O–H groups in total. The standard InChI is InChI=1S/C16H24N2O3/c1-2-3-6-11-17-16(21)18-13-8-5-4-7-12(13)9-10-14(18)15(19)20/h12-14H,4-11H2,1H3,(H,17,21)(H,19,20). The van der Waals surface area contributed by atoms with Gasteiger partial charge in [-0.25, -0.2) is 9.59 Å². The van der Waals surface area contributed by atoms with Crippen LogP contribution >= 0.6 is 0 Å². The van der Waals surface area contributed by atoms with Crippen LogP contribution in [-0.2, 0) is 4.79 Å². The Morgan fingerprint density at radius 2 is 2.00 bits per heavy atom. The first kappa shape index (κ1) is 15.7. The molecule has 1 aliphatic carbocycles. The summed E-state index contributed by atoms with van der Waals surface area (Å²) in [5.74, 6) is 5.26. The molecule has 0 aromatic heterocycles. The van der Waals surface area contributed by atoms with E-state index in [1.54, 1.807) is 11.8 Å². The zero-order valence-electron chi connectivity index (χ0n) is 12.6. The van der Waals surface area contributed by atoms with Crippen molar-refractivity contribution in [3.8, 4) is 11.8 Å². The minimum atomic E-state index is -0.887. The van der Waals surface area contributed by atoms with Gasteiger partial charge in [0.15, 0.2) is 0 Å². The zero-order chi connectivity index (χ0) is 15.2. The lowest BCUT2D eigenvalue weighted by Crippen LogP contribution is -2.60. The molecule has 0 bridgehead atoms. The van der Waals surface area contributed by atoms with E-state index in [2.05, 4.69) is 17.2 Å². The van der Waals surface area contributed by atoms with Crippen molar-refractivity contribution in [3.63, 3.8) is 0 Å². The Hall–Kier alpha value is -1.70. The fourth-order valence-corrected chi connectivity index (χ4v) is 3.62.